The van der Waals surface area contributed by atoms with Crippen molar-refractivity contribution < 1.29 is 50.3 Å². The third kappa shape index (κ3) is 14.1. The number of carbonyl (C=O) groups excluding carboxylic acids is 5. The Labute approximate surface area is 397 Å². The topological polar surface area (TPSA) is 164 Å². The molecule has 2 aromatic carbocycles. The summed E-state index contributed by atoms with van der Waals surface area (Å²) >= 11 is 0. The van der Waals surface area contributed by atoms with Crippen molar-refractivity contribution in [3.63, 3.8) is 0 Å². The van der Waals surface area contributed by atoms with Crippen LogP contribution in [0, 0.1) is 11.8 Å². The Morgan fingerprint density at radius 2 is 1.12 bits per heavy atom. The first-order valence-corrected chi connectivity index (χ1v) is 22.8. The Bertz CT molecular complexity index is 2320. The summed E-state index contributed by atoms with van der Waals surface area (Å²) in [5.74, 6) is -1.68. The van der Waals surface area contributed by atoms with Gasteiger partial charge in [-0.15, -0.1) is 12.4 Å². The number of hydrogen-bond donors (Lipinski definition) is 3. The van der Waals surface area contributed by atoms with Crippen LogP contribution in [0.2, 0.25) is 0 Å². The normalized spacial score (nSPS) is 19.6. The van der Waals surface area contributed by atoms with Gasteiger partial charge in [-0.2, -0.15) is 36.5 Å². The number of nitrogens with zero attached hydrogens (tertiary/aromatic N) is 6. The third-order valence-electron chi connectivity index (χ3n) is 12.3. The highest BCUT2D eigenvalue weighted by Crippen LogP contribution is 2.33. The highest BCUT2D eigenvalue weighted by molar-refractivity contribution is 5.96. The Kier molecular flexibility index (Phi) is 18.8. The maximum absolute atomic E-state index is 13.5. The number of carbonyl (C=O) groups is 5. The summed E-state index contributed by atoms with van der Waals surface area (Å²) in [6, 6.07) is 16.8. The molecular weight excluding hydrogens is 920 g/mol. The molecule has 21 heteroatoms. The molecule has 3 fully saturated rings. The second-order valence-corrected chi connectivity index (χ2v) is 17.3. The smallest absolute Gasteiger partial charge is 0.352 e. The predicted molar refractivity (Wildman–Crippen MR) is 243 cm³/mol. The maximum atomic E-state index is 13.5. The van der Waals surface area contributed by atoms with Crippen molar-refractivity contribution in [3.05, 3.63) is 95.6 Å². The minimum absolute atomic E-state index is 0. The number of aromatic nitrogens is 4. The number of piperidine rings is 2. The van der Waals surface area contributed by atoms with Crippen LogP contribution in [-0.2, 0) is 21.9 Å². The van der Waals surface area contributed by atoms with E-state index >= 15 is 0 Å². The lowest BCUT2D eigenvalue weighted by molar-refractivity contribution is -0.142. The van der Waals surface area contributed by atoms with E-state index in [1.165, 1.54) is 0 Å². The van der Waals surface area contributed by atoms with Crippen LogP contribution in [0.3, 0.4) is 0 Å². The van der Waals surface area contributed by atoms with Crippen molar-refractivity contribution in [2.24, 2.45) is 11.8 Å². The van der Waals surface area contributed by atoms with Crippen LogP contribution in [0.1, 0.15) is 110 Å². The van der Waals surface area contributed by atoms with Gasteiger partial charge in [0.25, 0.3) is 11.8 Å². The van der Waals surface area contributed by atoms with Crippen LogP contribution in [-0.4, -0.2) is 110 Å². The molecule has 0 aliphatic carbocycles. The number of nitrogens with one attached hydrogen (secondary N) is 3. The SMILES string of the molecule is CC1CC(C(=O)CCCNC(=O)c2cn(-c3ccccc3)nc2C(F)(F)F)CCN1.CC1CC(C(=O)CCCNC(=O)c2cn(-c3ccccc3)nc2C(F)(F)F)CCN1C(=O)N1CCCC1.Cl. The van der Waals surface area contributed by atoms with E-state index in [0.29, 0.717) is 56.1 Å². The van der Waals surface area contributed by atoms with Crippen LogP contribution >= 0.6 is 12.4 Å². The average molecular weight is 978 g/mol. The summed E-state index contributed by atoms with van der Waals surface area (Å²) in [6.45, 7) is 7.10. The largest absolute Gasteiger partial charge is 0.435 e. The Balaban J connectivity index is 0.000000256. The lowest BCUT2D eigenvalue weighted by Crippen LogP contribution is -2.50. The molecule has 4 unspecified atom stereocenters. The zero-order chi connectivity index (χ0) is 48.3. The molecule has 4 aromatic rings. The molecule has 4 amide bonds. The Morgan fingerprint density at radius 3 is 1.54 bits per heavy atom. The summed E-state index contributed by atoms with van der Waals surface area (Å²) < 4.78 is 82.7. The van der Waals surface area contributed by atoms with Gasteiger partial charge in [0.15, 0.2) is 11.4 Å². The summed E-state index contributed by atoms with van der Waals surface area (Å²) in [7, 11) is 0. The molecule has 0 saturated carbocycles. The molecule has 4 atom stereocenters. The predicted octanol–water partition coefficient (Wildman–Crippen LogP) is 8.07. The van der Waals surface area contributed by atoms with E-state index in [1.807, 2.05) is 23.6 Å². The zero-order valence-corrected chi connectivity index (χ0v) is 38.8. The van der Waals surface area contributed by atoms with E-state index in [9.17, 15) is 50.3 Å². The number of rotatable bonds is 14. The molecule has 68 heavy (non-hydrogen) atoms. The number of amides is 4. The molecule has 2 aromatic heterocycles. The lowest BCUT2D eigenvalue weighted by Gasteiger charge is -2.39. The molecule has 0 radical (unpaired) electrons. The molecule has 0 spiro atoms. The fraction of sp³-hybridized carbons (Fsp3) is 0.511. The lowest BCUT2D eigenvalue weighted by atomic mass is 9.86. The van der Waals surface area contributed by atoms with Gasteiger partial charge in [-0.25, -0.2) is 14.2 Å². The van der Waals surface area contributed by atoms with Crippen LogP contribution < -0.4 is 16.0 Å². The average Bonchev–Trinajstić information content (AvgIpc) is 4.11. The summed E-state index contributed by atoms with van der Waals surface area (Å²) in [5, 5.41) is 15.4. The van der Waals surface area contributed by atoms with Gasteiger partial charge in [0.05, 0.1) is 22.5 Å². The number of para-hydroxylation sites is 2. The fourth-order valence-corrected chi connectivity index (χ4v) is 8.72. The molecular formula is C47H58ClF6N9O5. The van der Waals surface area contributed by atoms with E-state index in [4.69, 9.17) is 0 Å². The van der Waals surface area contributed by atoms with Crippen molar-refractivity contribution in [2.75, 3.05) is 39.3 Å². The molecule has 370 valence electrons. The van der Waals surface area contributed by atoms with Gasteiger partial charge in [0.1, 0.15) is 11.6 Å². The maximum Gasteiger partial charge on any atom is 0.435 e. The number of hydrogen-bond acceptors (Lipinski definition) is 8. The first kappa shape index (κ1) is 53.2. The van der Waals surface area contributed by atoms with E-state index < -0.39 is 46.7 Å². The Morgan fingerprint density at radius 1 is 0.662 bits per heavy atom. The van der Waals surface area contributed by atoms with Gasteiger partial charge in [0.2, 0.25) is 0 Å². The van der Waals surface area contributed by atoms with E-state index in [2.05, 4.69) is 26.1 Å². The quantitative estimate of drug-likeness (QED) is 0.0844. The number of alkyl halides is 6. The van der Waals surface area contributed by atoms with Crippen molar-refractivity contribution in [2.45, 2.75) is 102 Å². The van der Waals surface area contributed by atoms with E-state index in [1.54, 1.807) is 60.7 Å². The first-order valence-electron chi connectivity index (χ1n) is 22.8. The first-order chi connectivity index (χ1) is 31.9. The van der Waals surface area contributed by atoms with E-state index in [0.717, 1.165) is 67.1 Å². The van der Waals surface area contributed by atoms with E-state index in [-0.39, 0.29) is 67.4 Å². The van der Waals surface area contributed by atoms with Crippen LogP contribution in [0.25, 0.3) is 11.4 Å². The summed E-state index contributed by atoms with van der Waals surface area (Å²) in [4.78, 5) is 66.4. The fourth-order valence-electron chi connectivity index (χ4n) is 8.72. The van der Waals surface area contributed by atoms with Crippen LogP contribution in [0.5, 0.6) is 0 Å². The highest BCUT2D eigenvalue weighted by Gasteiger charge is 2.41. The molecule has 3 N–H and O–H groups in total. The molecule has 14 nitrogen and oxygen atoms in total. The van der Waals surface area contributed by atoms with Gasteiger partial charge in [0, 0.05) is 81.9 Å². The summed E-state index contributed by atoms with van der Waals surface area (Å²) in [5.41, 5.74) is -2.77. The van der Waals surface area contributed by atoms with Gasteiger partial charge >= 0.3 is 18.4 Å². The second-order valence-electron chi connectivity index (χ2n) is 17.3. The van der Waals surface area contributed by atoms with Gasteiger partial charge < -0.3 is 25.8 Å². The number of benzene rings is 2. The molecule has 7 rings (SSSR count). The highest BCUT2D eigenvalue weighted by atomic mass is 35.5. The summed E-state index contributed by atoms with van der Waals surface area (Å²) in [6.07, 6.45) is -1.34. The number of ketones is 2. The van der Waals surface area contributed by atoms with Crippen LogP contribution in [0.15, 0.2) is 73.1 Å². The van der Waals surface area contributed by atoms with Gasteiger partial charge in [-0.1, -0.05) is 36.4 Å². The number of halogens is 7. The number of likely N-dealkylation sites (tertiary alicyclic amines) is 2. The van der Waals surface area contributed by atoms with Gasteiger partial charge in [-0.3, -0.25) is 19.2 Å². The van der Waals surface area contributed by atoms with Crippen molar-refractivity contribution in [1.29, 1.82) is 0 Å². The molecule has 0 bridgehead atoms. The molecule has 3 saturated heterocycles. The van der Waals surface area contributed by atoms with Crippen molar-refractivity contribution in [3.8, 4) is 11.4 Å². The Hall–Kier alpha value is -5.76. The number of Topliss-reactive ketones (excluding diaryl/α,β-unsaturated/α-hetero) is 2. The van der Waals surface area contributed by atoms with Gasteiger partial charge in [-0.05, 0) is 96.0 Å². The van der Waals surface area contributed by atoms with Crippen LogP contribution in [0.4, 0.5) is 31.1 Å². The van der Waals surface area contributed by atoms with Crippen molar-refractivity contribution in [1.82, 2.24) is 45.3 Å². The minimum atomic E-state index is -4.79. The molecule has 5 heterocycles. The number of urea groups is 1. The standard InChI is InChI=1S/C26H32F3N5O3.C21H25F3N4O2.ClH/c1-18-16-19(11-15-33(18)25(37)32-13-5-6-14-32)22(35)10-7-12-30-24(36)21-17-34(20-8-3-2-4-9-20)31-23(21)26(27,28)29;1-14-12-15(9-11-25-14)18(29)8-5-10-26-20(30)17-13-28(16-6-3-2-4-7-16)27-19(17)21(22,23)24;/h2-4,8-9,17-19H,5-7,10-16H2,1H3,(H,30,36);2-4,6-7,13-15,25H,5,8-12H2,1H3,(H,26,30);1H. The monoisotopic (exact) mass is 977 g/mol. The molecule has 3 aliphatic heterocycles. The van der Waals surface area contributed by atoms with Crippen molar-refractivity contribution >= 4 is 41.8 Å². The third-order valence-corrected chi connectivity index (χ3v) is 12.3. The second kappa shape index (κ2) is 24.0. The molecule has 3 aliphatic rings. The zero-order valence-electron chi connectivity index (χ0n) is 38.0. The minimum Gasteiger partial charge on any atom is -0.352 e.